The summed E-state index contributed by atoms with van der Waals surface area (Å²) in [7, 11) is 0. The van der Waals surface area contributed by atoms with Crippen molar-refractivity contribution in [3.63, 3.8) is 0 Å². The van der Waals surface area contributed by atoms with Gasteiger partial charge in [0.1, 0.15) is 36.2 Å². The Labute approximate surface area is 188 Å². The molecule has 0 amide bonds. The van der Waals surface area contributed by atoms with Crippen LogP contribution in [-0.4, -0.2) is 56.1 Å². The van der Waals surface area contributed by atoms with Crippen molar-refractivity contribution in [2.24, 2.45) is 11.8 Å². The van der Waals surface area contributed by atoms with E-state index in [1.54, 1.807) is 30.5 Å². The molecule has 1 spiro atoms. The highest BCUT2D eigenvalue weighted by Gasteiger charge is 2.96. The van der Waals surface area contributed by atoms with Gasteiger partial charge in [0.15, 0.2) is 23.3 Å². The lowest BCUT2D eigenvalue weighted by atomic mass is 10.0. The normalized spacial score (nSPS) is 43.4. The molecule has 2 aromatic rings. The van der Waals surface area contributed by atoms with Crippen molar-refractivity contribution < 1.29 is 28.5 Å². The Hall–Kier alpha value is -2.94. The van der Waals surface area contributed by atoms with Gasteiger partial charge in [0, 0.05) is 0 Å². The van der Waals surface area contributed by atoms with Gasteiger partial charge in [-0.1, -0.05) is 0 Å². The average molecular weight is 453 g/mol. The number of ether oxygens (including phenoxy) is 5. The van der Waals surface area contributed by atoms with Crippen molar-refractivity contribution in [2.75, 3.05) is 5.73 Å². The van der Waals surface area contributed by atoms with Crippen molar-refractivity contribution >= 4 is 17.5 Å². The van der Waals surface area contributed by atoms with Gasteiger partial charge in [-0.15, -0.1) is 0 Å². The zero-order chi connectivity index (χ0) is 22.8. The summed E-state index contributed by atoms with van der Waals surface area (Å²) < 4.78 is 31.5. The summed E-state index contributed by atoms with van der Waals surface area (Å²) >= 11 is 0. The van der Waals surface area contributed by atoms with E-state index >= 15 is 0 Å². The monoisotopic (exact) mass is 453 g/mol. The van der Waals surface area contributed by atoms with Gasteiger partial charge >= 0.3 is 6.16 Å². The summed E-state index contributed by atoms with van der Waals surface area (Å²) in [6.45, 7) is 3.52. The minimum absolute atomic E-state index is 0.130. The van der Waals surface area contributed by atoms with Gasteiger partial charge in [-0.25, -0.2) is 14.3 Å². The molecule has 0 aromatic carbocycles. The summed E-state index contributed by atoms with van der Waals surface area (Å²) in [5.74, 6) is 0.650. The first-order valence-electron chi connectivity index (χ1n) is 11.2. The molecule has 3 saturated carbocycles. The third kappa shape index (κ3) is 2.41. The Morgan fingerprint density at radius 2 is 2.03 bits per heavy atom. The minimum Gasteiger partial charge on any atom is -0.431 e. The quantitative estimate of drug-likeness (QED) is 0.684. The maximum atomic E-state index is 12.6. The van der Waals surface area contributed by atoms with Crippen LogP contribution in [0.3, 0.4) is 0 Å². The number of nitrogens with two attached hydrogens (primary N) is 1. The molecule has 5 aliphatic rings. The third-order valence-electron chi connectivity index (χ3n) is 7.74. The summed E-state index contributed by atoms with van der Waals surface area (Å²) in [5, 5.41) is 14.4. The van der Waals surface area contributed by atoms with E-state index in [0.29, 0.717) is 28.9 Å². The second kappa shape index (κ2) is 5.94. The molecule has 172 valence electrons. The molecule has 0 bridgehead atoms. The number of hydrogen-bond donors (Lipinski definition) is 1. The van der Waals surface area contributed by atoms with Gasteiger partial charge in [0.2, 0.25) is 5.60 Å². The van der Waals surface area contributed by atoms with E-state index in [0.717, 1.165) is 12.8 Å². The highest BCUT2D eigenvalue weighted by atomic mass is 16.8. The first-order valence-corrected chi connectivity index (χ1v) is 11.2. The molecule has 5 fully saturated rings. The van der Waals surface area contributed by atoms with Crippen molar-refractivity contribution in [2.45, 2.75) is 74.5 Å². The number of nitrogens with zero attached hydrogens (tertiary/aromatic N) is 4. The van der Waals surface area contributed by atoms with E-state index in [-0.39, 0.29) is 6.10 Å². The number of rotatable bonds is 3. The molecule has 33 heavy (non-hydrogen) atoms. The lowest BCUT2D eigenvalue weighted by molar-refractivity contribution is -0.182. The Balaban J connectivity index is 1.19. The first-order chi connectivity index (χ1) is 15.8. The van der Waals surface area contributed by atoms with Gasteiger partial charge in [-0.3, -0.25) is 0 Å². The molecular formula is C22H23N5O6. The van der Waals surface area contributed by atoms with Crippen LogP contribution in [0.5, 0.6) is 0 Å². The summed E-state index contributed by atoms with van der Waals surface area (Å²) in [6.07, 6.45) is 1.02. The van der Waals surface area contributed by atoms with Gasteiger partial charge in [0.05, 0.1) is 5.69 Å². The van der Waals surface area contributed by atoms with Crippen LogP contribution >= 0.6 is 0 Å². The van der Waals surface area contributed by atoms with E-state index < -0.39 is 41.5 Å². The molecule has 4 heterocycles. The van der Waals surface area contributed by atoms with Crippen LogP contribution in [-0.2, 0) is 23.7 Å². The van der Waals surface area contributed by atoms with Crippen LogP contribution in [0.1, 0.15) is 44.9 Å². The van der Waals surface area contributed by atoms with E-state index in [2.05, 4.69) is 16.2 Å². The number of nitrogen functional groups attached to an aromatic ring is 1. The van der Waals surface area contributed by atoms with Crippen molar-refractivity contribution in [3.8, 4) is 6.07 Å². The number of aromatic nitrogens is 3. The Kier molecular flexibility index (Phi) is 3.51. The van der Waals surface area contributed by atoms with Gasteiger partial charge in [-0.2, -0.15) is 10.4 Å². The second-order valence-electron chi connectivity index (χ2n) is 10.1. The van der Waals surface area contributed by atoms with E-state index in [1.807, 2.05) is 0 Å². The first kappa shape index (κ1) is 19.5. The largest absolute Gasteiger partial charge is 0.509 e. The average Bonchev–Trinajstić information content (AvgIpc) is 3.26. The fraction of sp³-hybridized carbons (Fsp3) is 0.636. The molecule has 2 aromatic heterocycles. The molecule has 7 rings (SSSR count). The predicted octanol–water partition coefficient (Wildman–Crippen LogP) is 1.87. The molecule has 11 heteroatoms. The van der Waals surface area contributed by atoms with Crippen LogP contribution < -0.4 is 5.73 Å². The number of nitriles is 1. The van der Waals surface area contributed by atoms with Crippen LogP contribution in [0.15, 0.2) is 18.5 Å². The SMILES string of the molecule is CC1(C)O[C@H]2[C@H](c3ccc4c(N)ncnn34)O[C@]3(C#N)C(OC(=O)OC4C[C@@H]5C[C@@H]5C4)[C@]23O1. The maximum Gasteiger partial charge on any atom is 0.509 e. The molecule has 2 aliphatic heterocycles. The second-order valence-corrected chi connectivity index (χ2v) is 10.1. The number of hydrogen-bond acceptors (Lipinski definition) is 10. The summed E-state index contributed by atoms with van der Waals surface area (Å²) in [4.78, 5) is 16.6. The summed E-state index contributed by atoms with van der Waals surface area (Å²) in [5.41, 5.74) is 4.43. The van der Waals surface area contributed by atoms with Crippen molar-refractivity contribution in [1.82, 2.24) is 14.6 Å². The molecule has 0 radical (unpaired) electrons. The Morgan fingerprint density at radius 1 is 1.24 bits per heavy atom. The van der Waals surface area contributed by atoms with Gasteiger partial charge in [0.25, 0.3) is 0 Å². The zero-order valence-electron chi connectivity index (χ0n) is 18.1. The minimum atomic E-state index is -1.52. The van der Waals surface area contributed by atoms with Crippen LogP contribution in [0.2, 0.25) is 0 Å². The Bertz CT molecular complexity index is 1230. The van der Waals surface area contributed by atoms with E-state index in [9.17, 15) is 10.1 Å². The van der Waals surface area contributed by atoms with Crippen LogP contribution in [0, 0.1) is 23.2 Å². The van der Waals surface area contributed by atoms with Crippen LogP contribution in [0.4, 0.5) is 10.6 Å². The molecule has 2 unspecified atom stereocenters. The smallest absolute Gasteiger partial charge is 0.431 e. The third-order valence-corrected chi connectivity index (χ3v) is 7.74. The molecule has 2 N–H and O–H groups in total. The van der Waals surface area contributed by atoms with Crippen molar-refractivity contribution in [3.05, 3.63) is 24.2 Å². The number of fused-ring (bicyclic) bond motifs is 2. The van der Waals surface area contributed by atoms with Gasteiger partial charge in [-0.05, 0) is 57.1 Å². The molecule has 2 saturated heterocycles. The summed E-state index contributed by atoms with van der Waals surface area (Å²) in [6, 6.07) is 5.79. The fourth-order valence-electron chi connectivity index (χ4n) is 6.25. The van der Waals surface area contributed by atoms with Crippen LogP contribution in [0.25, 0.3) is 5.52 Å². The lowest BCUT2D eigenvalue weighted by Gasteiger charge is -2.24. The van der Waals surface area contributed by atoms with E-state index in [4.69, 9.17) is 29.4 Å². The maximum absolute atomic E-state index is 12.6. The topological polar surface area (TPSA) is 143 Å². The predicted molar refractivity (Wildman–Crippen MR) is 108 cm³/mol. The number of anilines is 1. The molecule has 3 aliphatic carbocycles. The van der Waals surface area contributed by atoms with E-state index in [1.165, 1.54) is 12.7 Å². The fourth-order valence-corrected chi connectivity index (χ4v) is 6.25. The molecule has 8 atom stereocenters. The van der Waals surface area contributed by atoms with Gasteiger partial charge < -0.3 is 29.4 Å². The highest BCUT2D eigenvalue weighted by molar-refractivity contribution is 5.66. The lowest BCUT2D eigenvalue weighted by Crippen LogP contribution is -2.34. The number of carbonyl (C=O) groups is 1. The highest BCUT2D eigenvalue weighted by Crippen LogP contribution is 2.71. The Morgan fingerprint density at radius 3 is 2.79 bits per heavy atom. The molecule has 11 nitrogen and oxygen atoms in total. The number of carbonyl (C=O) groups excluding carboxylic acids is 1. The standard InChI is InChI=1S/C22H23N5O6/c1-20(2)32-16-15(13-3-4-14-17(24)25-9-26-27(13)14)31-21(8-23)18(22(16,21)33-20)30-19(28)29-12-6-10-5-11(10)7-12/h3-4,9-12,15-16,18H,5-7H2,1-2H3,(H2,24,25,26)/t10-,11+,12?,15-,16-,18?,21+,22+/m0/s1. The zero-order valence-corrected chi connectivity index (χ0v) is 18.1. The van der Waals surface area contributed by atoms with Crippen molar-refractivity contribution in [1.29, 1.82) is 5.26 Å². The molecular weight excluding hydrogens is 430 g/mol.